The highest BCUT2D eigenvalue weighted by molar-refractivity contribution is 6.24. The fourth-order valence-electron chi connectivity index (χ4n) is 6.66. The molecule has 4 nitrogen and oxygen atoms in total. The minimum absolute atomic E-state index is 0.0298. The van der Waals surface area contributed by atoms with E-state index in [1.165, 1.54) is 25.5 Å². The molecule has 0 aliphatic heterocycles. The van der Waals surface area contributed by atoms with Crippen molar-refractivity contribution < 1.29 is 19.4 Å². The van der Waals surface area contributed by atoms with Crippen LogP contribution in [0, 0.1) is 41.4 Å². The lowest BCUT2D eigenvalue weighted by molar-refractivity contribution is -0.135. The Kier molecular flexibility index (Phi) is 6.02. The van der Waals surface area contributed by atoms with E-state index in [-0.39, 0.29) is 28.4 Å². The lowest BCUT2D eigenvalue weighted by Crippen LogP contribution is -2.48. The van der Waals surface area contributed by atoms with Gasteiger partial charge in [-0.2, -0.15) is 0 Å². The van der Waals surface area contributed by atoms with Crippen LogP contribution in [0.5, 0.6) is 5.75 Å². The predicted octanol–water partition coefficient (Wildman–Crippen LogP) is 5.84. The minimum Gasteiger partial charge on any atom is -0.507 e. The molecule has 5 heteroatoms. The summed E-state index contributed by atoms with van der Waals surface area (Å²) in [5.74, 6) is 8.76. The summed E-state index contributed by atoms with van der Waals surface area (Å²) < 4.78 is 10.7. The molecule has 1 N–H and O–H groups in total. The molecule has 5 aliphatic rings. The smallest absolute Gasteiger partial charge is 0.337 e. The first-order valence-corrected chi connectivity index (χ1v) is 12.5. The molecule has 0 radical (unpaired) electrons. The van der Waals surface area contributed by atoms with Crippen molar-refractivity contribution >= 4 is 23.3 Å². The van der Waals surface area contributed by atoms with Gasteiger partial charge in [0.15, 0.2) is 0 Å². The van der Waals surface area contributed by atoms with Crippen LogP contribution in [0.1, 0.15) is 50.2 Å². The number of ether oxygens (including phenoxy) is 2. The molecule has 0 saturated heterocycles. The minimum atomic E-state index is -0.342. The summed E-state index contributed by atoms with van der Waals surface area (Å²) in [5.41, 5.74) is 3.41. The molecular weight excluding hydrogens is 448 g/mol. The number of phenolic OH excluding ortho intramolecular Hbond substituents is 1. The Morgan fingerprint density at radius 2 is 1.88 bits per heavy atom. The van der Waals surface area contributed by atoms with E-state index in [4.69, 9.17) is 21.1 Å². The van der Waals surface area contributed by atoms with Gasteiger partial charge in [0.2, 0.25) is 0 Å². The normalized spacial score (nSPS) is 33.1. The Morgan fingerprint density at radius 1 is 1.15 bits per heavy atom. The van der Waals surface area contributed by atoms with Crippen molar-refractivity contribution in [2.24, 2.45) is 29.6 Å². The SMILES string of the molecule is COC(=O)C1=CC(C)C(C#Cc2ccc(C(OC)=C3C4CC5CC3CC(Cl)(C5)C4)cc2O)C=C1. The number of aromatic hydroxyl groups is 1. The van der Waals surface area contributed by atoms with Gasteiger partial charge in [0.1, 0.15) is 11.5 Å². The second-order valence-corrected chi connectivity index (χ2v) is 11.1. The molecule has 4 saturated carbocycles. The van der Waals surface area contributed by atoms with Crippen LogP contribution in [0.15, 0.2) is 47.6 Å². The maximum Gasteiger partial charge on any atom is 0.337 e. The van der Waals surface area contributed by atoms with Crippen LogP contribution in [0.3, 0.4) is 0 Å². The Balaban J connectivity index is 1.38. The number of esters is 1. The van der Waals surface area contributed by atoms with Crippen molar-refractivity contribution in [3.8, 4) is 17.6 Å². The number of allylic oxidation sites excluding steroid dienone is 3. The molecule has 0 aromatic heterocycles. The van der Waals surface area contributed by atoms with Crippen molar-refractivity contribution in [2.45, 2.75) is 43.9 Å². The van der Waals surface area contributed by atoms with Gasteiger partial charge in [-0.15, -0.1) is 11.6 Å². The molecule has 1 aromatic carbocycles. The first kappa shape index (κ1) is 23.1. The first-order valence-electron chi connectivity index (χ1n) is 12.1. The van der Waals surface area contributed by atoms with Crippen LogP contribution in [0.25, 0.3) is 5.76 Å². The average molecular weight is 479 g/mol. The van der Waals surface area contributed by atoms with Crippen LogP contribution in [0.4, 0.5) is 0 Å². The van der Waals surface area contributed by atoms with Crippen LogP contribution < -0.4 is 0 Å². The number of alkyl halides is 1. The first-order chi connectivity index (χ1) is 16.3. The predicted molar refractivity (Wildman–Crippen MR) is 133 cm³/mol. The highest BCUT2D eigenvalue weighted by Gasteiger charge is 2.53. The monoisotopic (exact) mass is 478 g/mol. The summed E-state index contributed by atoms with van der Waals surface area (Å²) in [5, 5.41) is 10.8. The summed E-state index contributed by atoms with van der Waals surface area (Å²) in [7, 11) is 3.10. The highest BCUT2D eigenvalue weighted by atomic mass is 35.5. The molecule has 0 amide bonds. The van der Waals surface area contributed by atoms with Gasteiger partial charge in [-0.3, -0.25) is 0 Å². The summed E-state index contributed by atoms with van der Waals surface area (Å²) in [6.07, 6.45) is 11.1. The van der Waals surface area contributed by atoms with E-state index in [0.29, 0.717) is 23.0 Å². The number of benzene rings is 1. The zero-order chi connectivity index (χ0) is 24.0. The van der Waals surface area contributed by atoms with Gasteiger partial charge in [0.05, 0.1) is 25.4 Å². The molecule has 5 aliphatic carbocycles. The summed E-state index contributed by atoms with van der Waals surface area (Å²) >= 11 is 6.93. The number of carbonyl (C=O) groups excluding carboxylic acids is 1. The number of methoxy groups -OCH3 is 2. The van der Waals surface area contributed by atoms with E-state index in [0.717, 1.165) is 36.5 Å². The third kappa shape index (κ3) is 4.16. The molecule has 0 spiro atoms. The van der Waals surface area contributed by atoms with Gasteiger partial charge in [-0.25, -0.2) is 4.79 Å². The second kappa shape index (κ2) is 8.86. The van der Waals surface area contributed by atoms with Crippen molar-refractivity contribution in [1.29, 1.82) is 0 Å². The molecule has 4 unspecified atom stereocenters. The zero-order valence-electron chi connectivity index (χ0n) is 19.9. The number of hydrogen-bond donors (Lipinski definition) is 1. The molecule has 34 heavy (non-hydrogen) atoms. The lowest BCUT2D eigenvalue weighted by Gasteiger charge is -2.55. The van der Waals surface area contributed by atoms with Gasteiger partial charge in [-0.1, -0.05) is 37.0 Å². The Hall–Kier alpha value is -2.64. The highest BCUT2D eigenvalue weighted by Crippen LogP contribution is 2.61. The molecule has 178 valence electrons. The lowest BCUT2D eigenvalue weighted by atomic mass is 9.53. The van der Waals surface area contributed by atoms with Crippen LogP contribution in [-0.4, -0.2) is 30.2 Å². The number of halogens is 1. The number of hydrogen-bond acceptors (Lipinski definition) is 4. The third-order valence-electron chi connectivity index (χ3n) is 8.01. The Morgan fingerprint density at radius 3 is 2.47 bits per heavy atom. The molecule has 0 heterocycles. The Bertz CT molecular complexity index is 1150. The Labute approximate surface area is 206 Å². The third-order valence-corrected chi connectivity index (χ3v) is 8.47. The zero-order valence-corrected chi connectivity index (χ0v) is 20.7. The summed E-state index contributed by atoms with van der Waals surface area (Å²) in [6, 6.07) is 5.63. The summed E-state index contributed by atoms with van der Waals surface area (Å²) in [6.45, 7) is 2.02. The molecule has 1 aromatic rings. The topological polar surface area (TPSA) is 55.8 Å². The maximum atomic E-state index is 11.7. The van der Waals surface area contributed by atoms with Gasteiger partial charge in [0.25, 0.3) is 0 Å². The second-order valence-electron chi connectivity index (χ2n) is 10.3. The van der Waals surface area contributed by atoms with Gasteiger partial charge < -0.3 is 14.6 Å². The fraction of sp³-hybridized carbons (Fsp3) is 0.483. The van der Waals surface area contributed by atoms with Gasteiger partial charge in [0, 0.05) is 16.4 Å². The largest absolute Gasteiger partial charge is 0.507 e. The number of rotatable bonds is 3. The standard InChI is InChI=1S/C29H31ClO4/c1-17-10-22(28(32)34-3)9-5-19(17)4-6-20-7-8-21(13-25(20)31)27(33-2)26-23-11-18-12-24(26)16-29(30,14-18)15-23/h5,7-10,13,17-19,23-24,31H,11-12,14-16H2,1-3H3. The van der Waals surface area contributed by atoms with E-state index in [9.17, 15) is 9.90 Å². The number of phenols is 1. The quantitative estimate of drug-likeness (QED) is 0.256. The molecule has 4 bridgehead atoms. The van der Waals surface area contributed by atoms with Gasteiger partial charge >= 0.3 is 5.97 Å². The molecule has 4 fully saturated rings. The van der Waals surface area contributed by atoms with Crippen LogP contribution >= 0.6 is 11.6 Å². The van der Waals surface area contributed by atoms with E-state index >= 15 is 0 Å². The van der Waals surface area contributed by atoms with E-state index in [1.807, 2.05) is 31.2 Å². The van der Waals surface area contributed by atoms with E-state index in [1.54, 1.807) is 19.3 Å². The average Bonchev–Trinajstić information content (AvgIpc) is 2.79. The molecule has 4 atom stereocenters. The van der Waals surface area contributed by atoms with Crippen molar-refractivity contribution in [3.63, 3.8) is 0 Å². The van der Waals surface area contributed by atoms with Crippen molar-refractivity contribution in [2.75, 3.05) is 14.2 Å². The van der Waals surface area contributed by atoms with Gasteiger partial charge in [-0.05, 0) is 79.5 Å². The molecular formula is C29H31ClO4. The summed E-state index contributed by atoms with van der Waals surface area (Å²) in [4.78, 5) is 11.7. The maximum absolute atomic E-state index is 11.7. The fourth-order valence-corrected chi connectivity index (χ4v) is 7.25. The number of carbonyl (C=O) groups is 1. The van der Waals surface area contributed by atoms with E-state index < -0.39 is 0 Å². The van der Waals surface area contributed by atoms with Crippen molar-refractivity contribution in [1.82, 2.24) is 0 Å². The van der Waals surface area contributed by atoms with Crippen molar-refractivity contribution in [3.05, 3.63) is 58.7 Å². The van der Waals surface area contributed by atoms with Crippen LogP contribution in [0.2, 0.25) is 0 Å². The molecule has 6 rings (SSSR count). The van der Waals surface area contributed by atoms with E-state index in [2.05, 4.69) is 11.8 Å². The van der Waals surface area contributed by atoms with Crippen LogP contribution in [-0.2, 0) is 14.3 Å².